The van der Waals surface area contributed by atoms with Gasteiger partial charge < -0.3 is 5.32 Å². The van der Waals surface area contributed by atoms with E-state index in [0.717, 1.165) is 15.8 Å². The molecule has 0 atom stereocenters. The number of hydrogen-bond acceptors (Lipinski definition) is 5. The largest absolute Gasteiger partial charge is 0.326 e. The number of anilines is 1. The van der Waals surface area contributed by atoms with Crippen LogP contribution >= 0.6 is 11.3 Å². The third-order valence-electron chi connectivity index (χ3n) is 3.76. The predicted molar refractivity (Wildman–Crippen MR) is 98.2 cm³/mol. The van der Waals surface area contributed by atoms with Crippen LogP contribution in [-0.2, 0) is 4.79 Å². The molecule has 1 aliphatic rings. The number of alkyl halides is 2. The Hall–Kier alpha value is -3.13. The van der Waals surface area contributed by atoms with Crippen LogP contribution < -0.4 is 10.6 Å². The highest BCUT2D eigenvalue weighted by atomic mass is 32.1. The standard InChI is InChI=1S/C18H12F2N4OS/c19-16(20)11-2-1-3-12(8-11)22-18-23-14(17(25)24-18)6-10-4-5-13-15(7-10)26-9-21-13/h1-9,16H,(H2,22,23,24,25)/b14-6-. The quantitative estimate of drug-likeness (QED) is 0.680. The van der Waals surface area contributed by atoms with Crippen molar-refractivity contribution < 1.29 is 13.6 Å². The third-order valence-corrected chi connectivity index (χ3v) is 4.55. The summed E-state index contributed by atoms with van der Waals surface area (Å²) in [4.78, 5) is 20.5. The summed E-state index contributed by atoms with van der Waals surface area (Å²) in [7, 11) is 0. The van der Waals surface area contributed by atoms with Crippen molar-refractivity contribution in [1.29, 1.82) is 0 Å². The number of thiazole rings is 1. The minimum absolute atomic E-state index is 0.103. The second-order valence-electron chi connectivity index (χ2n) is 5.57. The SMILES string of the molecule is O=C1NC(Nc2cccc(C(F)F)c2)=N/C1=C\c1ccc2ncsc2c1. The first-order valence-corrected chi connectivity index (χ1v) is 8.56. The Morgan fingerprint density at radius 2 is 2.08 bits per heavy atom. The normalized spacial score (nSPS) is 15.6. The third kappa shape index (κ3) is 3.31. The van der Waals surface area contributed by atoms with Gasteiger partial charge in [0, 0.05) is 11.3 Å². The number of benzene rings is 2. The van der Waals surface area contributed by atoms with Crippen LogP contribution in [0.3, 0.4) is 0 Å². The molecule has 4 rings (SSSR count). The number of nitrogens with zero attached hydrogens (tertiary/aromatic N) is 2. The van der Waals surface area contributed by atoms with Crippen LogP contribution in [0, 0.1) is 0 Å². The molecule has 0 saturated heterocycles. The Kier molecular flexibility index (Phi) is 4.18. The van der Waals surface area contributed by atoms with Crippen molar-refractivity contribution >= 4 is 45.2 Å². The Labute approximate surface area is 151 Å². The summed E-state index contributed by atoms with van der Waals surface area (Å²) in [6.45, 7) is 0. The number of amides is 1. The predicted octanol–water partition coefficient (Wildman–Crippen LogP) is 4.17. The summed E-state index contributed by atoms with van der Waals surface area (Å²) < 4.78 is 26.6. The Balaban J connectivity index is 1.57. The zero-order valence-corrected chi connectivity index (χ0v) is 14.1. The molecule has 0 unspecified atom stereocenters. The molecule has 5 nitrogen and oxygen atoms in total. The molecule has 0 saturated carbocycles. The summed E-state index contributed by atoms with van der Waals surface area (Å²) in [5.41, 5.74) is 4.05. The van der Waals surface area contributed by atoms with Gasteiger partial charge in [0.15, 0.2) is 0 Å². The number of halogens is 2. The Morgan fingerprint density at radius 3 is 2.92 bits per heavy atom. The maximum Gasteiger partial charge on any atom is 0.276 e. The minimum Gasteiger partial charge on any atom is -0.326 e. The second-order valence-corrected chi connectivity index (χ2v) is 6.46. The fraction of sp³-hybridized carbons (Fsp3) is 0.0556. The maximum absolute atomic E-state index is 12.8. The fourth-order valence-corrected chi connectivity index (χ4v) is 3.26. The van der Waals surface area contributed by atoms with Gasteiger partial charge in [-0.05, 0) is 35.9 Å². The molecule has 0 bridgehead atoms. The van der Waals surface area contributed by atoms with Gasteiger partial charge in [-0.2, -0.15) is 0 Å². The monoisotopic (exact) mass is 370 g/mol. The number of nitrogens with one attached hydrogen (secondary N) is 2. The topological polar surface area (TPSA) is 66.4 Å². The average molecular weight is 370 g/mol. The molecule has 0 radical (unpaired) electrons. The van der Waals surface area contributed by atoms with E-state index in [1.165, 1.54) is 29.5 Å². The molecule has 0 aliphatic carbocycles. The zero-order valence-electron chi connectivity index (χ0n) is 13.2. The lowest BCUT2D eigenvalue weighted by atomic mass is 10.2. The Bertz CT molecular complexity index is 1060. The summed E-state index contributed by atoms with van der Waals surface area (Å²) >= 11 is 1.52. The van der Waals surface area contributed by atoms with E-state index in [2.05, 4.69) is 20.6 Å². The maximum atomic E-state index is 12.8. The molecule has 2 heterocycles. The number of aromatic nitrogens is 1. The summed E-state index contributed by atoms with van der Waals surface area (Å²) in [5.74, 6) is -0.159. The molecular formula is C18H12F2N4OS. The van der Waals surface area contributed by atoms with E-state index in [1.54, 1.807) is 17.7 Å². The first-order valence-electron chi connectivity index (χ1n) is 7.68. The van der Waals surface area contributed by atoms with Gasteiger partial charge in [-0.1, -0.05) is 18.2 Å². The highest BCUT2D eigenvalue weighted by Gasteiger charge is 2.20. The summed E-state index contributed by atoms with van der Waals surface area (Å²) in [6, 6.07) is 11.5. The van der Waals surface area contributed by atoms with E-state index < -0.39 is 6.43 Å². The first-order chi connectivity index (χ1) is 12.6. The van der Waals surface area contributed by atoms with Gasteiger partial charge in [0.05, 0.1) is 15.7 Å². The van der Waals surface area contributed by atoms with Crippen LogP contribution in [0.15, 0.2) is 58.7 Å². The molecule has 26 heavy (non-hydrogen) atoms. The van der Waals surface area contributed by atoms with Crippen molar-refractivity contribution in [3.8, 4) is 0 Å². The van der Waals surface area contributed by atoms with E-state index >= 15 is 0 Å². The van der Waals surface area contributed by atoms with Crippen molar-refractivity contribution in [2.45, 2.75) is 6.43 Å². The van der Waals surface area contributed by atoms with E-state index in [-0.39, 0.29) is 23.1 Å². The molecule has 1 aliphatic heterocycles. The summed E-state index contributed by atoms with van der Waals surface area (Å²) in [5, 5.41) is 5.43. The van der Waals surface area contributed by atoms with Crippen molar-refractivity contribution in [2.75, 3.05) is 5.32 Å². The molecule has 3 aromatic rings. The lowest BCUT2D eigenvalue weighted by Gasteiger charge is -2.07. The van der Waals surface area contributed by atoms with Crippen LogP contribution in [-0.4, -0.2) is 16.9 Å². The molecule has 8 heteroatoms. The number of fused-ring (bicyclic) bond motifs is 1. The van der Waals surface area contributed by atoms with Crippen LogP contribution in [0.2, 0.25) is 0 Å². The number of hydrogen-bond donors (Lipinski definition) is 2. The molecule has 0 spiro atoms. The lowest BCUT2D eigenvalue weighted by Crippen LogP contribution is -2.30. The molecular weight excluding hydrogens is 358 g/mol. The van der Waals surface area contributed by atoms with Gasteiger partial charge in [-0.3, -0.25) is 10.1 Å². The van der Waals surface area contributed by atoms with E-state index in [1.807, 2.05) is 18.2 Å². The van der Waals surface area contributed by atoms with Crippen molar-refractivity contribution in [2.24, 2.45) is 4.99 Å². The minimum atomic E-state index is -2.56. The number of carbonyl (C=O) groups excluding carboxylic acids is 1. The van der Waals surface area contributed by atoms with Crippen molar-refractivity contribution in [3.63, 3.8) is 0 Å². The second kappa shape index (κ2) is 6.64. The van der Waals surface area contributed by atoms with Crippen molar-refractivity contribution in [3.05, 3.63) is 64.8 Å². The van der Waals surface area contributed by atoms with Gasteiger partial charge in [-0.15, -0.1) is 11.3 Å². The van der Waals surface area contributed by atoms with Gasteiger partial charge in [0.1, 0.15) is 5.70 Å². The number of guanidine groups is 1. The van der Waals surface area contributed by atoms with Crippen LogP contribution in [0.4, 0.5) is 14.5 Å². The molecule has 0 fully saturated rings. The fourth-order valence-electron chi connectivity index (χ4n) is 2.54. The first kappa shape index (κ1) is 16.3. The Morgan fingerprint density at radius 1 is 1.19 bits per heavy atom. The van der Waals surface area contributed by atoms with E-state index in [4.69, 9.17) is 0 Å². The number of rotatable bonds is 3. The lowest BCUT2D eigenvalue weighted by molar-refractivity contribution is -0.115. The van der Waals surface area contributed by atoms with Crippen molar-refractivity contribution in [1.82, 2.24) is 10.3 Å². The van der Waals surface area contributed by atoms with E-state index in [9.17, 15) is 13.6 Å². The summed E-state index contributed by atoms with van der Waals surface area (Å²) in [6.07, 6.45) is -0.896. The number of carbonyl (C=O) groups is 1. The molecule has 130 valence electrons. The van der Waals surface area contributed by atoms with Gasteiger partial charge in [-0.25, -0.2) is 18.8 Å². The van der Waals surface area contributed by atoms with Gasteiger partial charge >= 0.3 is 0 Å². The zero-order chi connectivity index (χ0) is 18.1. The molecule has 2 aromatic carbocycles. The molecule has 1 aromatic heterocycles. The van der Waals surface area contributed by atoms with Crippen LogP contribution in [0.25, 0.3) is 16.3 Å². The average Bonchev–Trinajstić information content (AvgIpc) is 3.21. The van der Waals surface area contributed by atoms with Crippen LogP contribution in [0.5, 0.6) is 0 Å². The number of aliphatic imine (C=N–C) groups is 1. The van der Waals surface area contributed by atoms with Gasteiger partial charge in [0.25, 0.3) is 12.3 Å². The smallest absolute Gasteiger partial charge is 0.276 e. The molecule has 2 N–H and O–H groups in total. The van der Waals surface area contributed by atoms with Gasteiger partial charge in [0.2, 0.25) is 5.96 Å². The highest BCUT2D eigenvalue weighted by molar-refractivity contribution is 7.16. The molecule has 1 amide bonds. The van der Waals surface area contributed by atoms with Crippen LogP contribution in [0.1, 0.15) is 17.6 Å². The van der Waals surface area contributed by atoms with E-state index in [0.29, 0.717) is 5.69 Å². The highest BCUT2D eigenvalue weighted by Crippen LogP contribution is 2.23.